The fourth-order valence-electron chi connectivity index (χ4n) is 2.12. The van der Waals surface area contributed by atoms with Gasteiger partial charge in [-0.05, 0) is 29.7 Å². The molecule has 0 heterocycles. The number of rotatable bonds is 6. The average molecular weight is 317 g/mol. The van der Waals surface area contributed by atoms with Gasteiger partial charge in [0, 0.05) is 18.0 Å². The molecular formula is C14H21BrO3. The Labute approximate surface area is 117 Å². The highest BCUT2D eigenvalue weighted by Crippen LogP contribution is 2.25. The van der Waals surface area contributed by atoms with Crippen LogP contribution in [0.2, 0.25) is 0 Å². The Morgan fingerprint density at radius 2 is 1.94 bits per heavy atom. The zero-order chi connectivity index (χ0) is 13.7. The largest absolute Gasteiger partial charge is 0.496 e. The van der Waals surface area contributed by atoms with Crippen LogP contribution >= 0.6 is 15.9 Å². The molecule has 4 heteroatoms. The van der Waals surface area contributed by atoms with Crippen LogP contribution in [0.5, 0.6) is 5.75 Å². The molecule has 0 aromatic heterocycles. The molecule has 0 aliphatic heterocycles. The van der Waals surface area contributed by atoms with Crippen LogP contribution in [0.4, 0.5) is 0 Å². The number of halogens is 1. The summed E-state index contributed by atoms with van der Waals surface area (Å²) in [5.74, 6) is 1.05. The van der Waals surface area contributed by atoms with E-state index in [9.17, 15) is 5.11 Å². The van der Waals surface area contributed by atoms with Crippen LogP contribution in [0.15, 0.2) is 22.7 Å². The van der Waals surface area contributed by atoms with Gasteiger partial charge in [0.2, 0.25) is 0 Å². The summed E-state index contributed by atoms with van der Waals surface area (Å²) in [6, 6.07) is 5.78. The van der Waals surface area contributed by atoms with Gasteiger partial charge >= 0.3 is 0 Å². The van der Waals surface area contributed by atoms with Crippen molar-refractivity contribution in [2.24, 2.45) is 5.92 Å². The molecule has 1 rings (SSSR count). The third kappa shape index (κ3) is 3.97. The van der Waals surface area contributed by atoms with Gasteiger partial charge in [0.1, 0.15) is 5.75 Å². The number of ether oxygens (including phenoxy) is 2. The van der Waals surface area contributed by atoms with Gasteiger partial charge in [0.25, 0.3) is 0 Å². The van der Waals surface area contributed by atoms with E-state index in [0.717, 1.165) is 15.8 Å². The van der Waals surface area contributed by atoms with E-state index in [1.54, 1.807) is 14.2 Å². The minimum Gasteiger partial charge on any atom is -0.496 e. The zero-order valence-corrected chi connectivity index (χ0v) is 12.9. The molecule has 0 bridgehead atoms. The minimum absolute atomic E-state index is 0.173. The summed E-state index contributed by atoms with van der Waals surface area (Å²) < 4.78 is 11.6. The standard InChI is InChI=1S/C14H21BrO3/c1-9(2)14(18-4)12(16)8-10-7-11(15)5-6-13(10)17-3/h5-7,9,12,14,16H,8H2,1-4H3. The Morgan fingerprint density at radius 3 is 2.44 bits per heavy atom. The van der Waals surface area contributed by atoms with Gasteiger partial charge in [-0.3, -0.25) is 0 Å². The Bertz CT molecular complexity index is 379. The number of hydrogen-bond acceptors (Lipinski definition) is 3. The molecule has 18 heavy (non-hydrogen) atoms. The molecule has 2 unspecified atom stereocenters. The van der Waals surface area contributed by atoms with E-state index < -0.39 is 6.10 Å². The third-order valence-corrected chi connectivity index (χ3v) is 3.47. The number of aliphatic hydroxyl groups is 1. The summed E-state index contributed by atoms with van der Waals surface area (Å²) in [6.07, 6.45) is -0.203. The van der Waals surface area contributed by atoms with Gasteiger partial charge in [0.05, 0.1) is 19.3 Å². The van der Waals surface area contributed by atoms with E-state index in [2.05, 4.69) is 15.9 Å². The maximum atomic E-state index is 10.2. The van der Waals surface area contributed by atoms with Crippen molar-refractivity contribution < 1.29 is 14.6 Å². The topological polar surface area (TPSA) is 38.7 Å². The molecule has 0 saturated carbocycles. The van der Waals surface area contributed by atoms with Crippen LogP contribution in [0.3, 0.4) is 0 Å². The van der Waals surface area contributed by atoms with Gasteiger partial charge < -0.3 is 14.6 Å². The van der Waals surface area contributed by atoms with Crippen molar-refractivity contribution in [2.45, 2.75) is 32.5 Å². The number of benzene rings is 1. The SMILES string of the molecule is COc1ccc(Br)cc1CC(O)C(OC)C(C)C. The van der Waals surface area contributed by atoms with E-state index in [1.165, 1.54) is 0 Å². The van der Waals surface area contributed by atoms with Crippen LogP contribution in [0.25, 0.3) is 0 Å². The van der Waals surface area contributed by atoms with Crippen LogP contribution in [0, 0.1) is 5.92 Å². The molecule has 1 N–H and O–H groups in total. The molecule has 0 aliphatic carbocycles. The van der Waals surface area contributed by atoms with Crippen molar-refractivity contribution >= 4 is 15.9 Å². The summed E-state index contributed by atoms with van der Waals surface area (Å²) in [4.78, 5) is 0. The fraction of sp³-hybridized carbons (Fsp3) is 0.571. The van der Waals surface area contributed by atoms with E-state index in [0.29, 0.717) is 6.42 Å². The highest BCUT2D eigenvalue weighted by atomic mass is 79.9. The van der Waals surface area contributed by atoms with E-state index >= 15 is 0 Å². The fourth-order valence-corrected chi connectivity index (χ4v) is 2.53. The second-order valence-corrected chi connectivity index (χ2v) is 5.59. The van der Waals surface area contributed by atoms with Gasteiger partial charge in [0.15, 0.2) is 0 Å². The van der Waals surface area contributed by atoms with Crippen LogP contribution in [-0.2, 0) is 11.2 Å². The lowest BCUT2D eigenvalue weighted by atomic mass is 9.96. The summed E-state index contributed by atoms with van der Waals surface area (Å²) in [6.45, 7) is 4.07. The van der Waals surface area contributed by atoms with Crippen molar-refractivity contribution in [1.29, 1.82) is 0 Å². The minimum atomic E-state index is -0.543. The zero-order valence-electron chi connectivity index (χ0n) is 11.3. The van der Waals surface area contributed by atoms with E-state index in [4.69, 9.17) is 9.47 Å². The van der Waals surface area contributed by atoms with Gasteiger partial charge in [-0.1, -0.05) is 29.8 Å². The van der Waals surface area contributed by atoms with Crippen LogP contribution < -0.4 is 4.74 Å². The van der Waals surface area contributed by atoms with E-state index in [-0.39, 0.29) is 12.0 Å². The average Bonchev–Trinajstić information content (AvgIpc) is 2.29. The molecule has 1 aromatic rings. The Balaban J connectivity index is 2.86. The van der Waals surface area contributed by atoms with Crippen molar-refractivity contribution in [2.75, 3.05) is 14.2 Å². The maximum Gasteiger partial charge on any atom is 0.122 e. The molecular weight excluding hydrogens is 296 g/mol. The number of methoxy groups -OCH3 is 2. The molecule has 0 amide bonds. The van der Waals surface area contributed by atoms with Gasteiger partial charge in [-0.15, -0.1) is 0 Å². The molecule has 3 nitrogen and oxygen atoms in total. The number of aliphatic hydroxyl groups excluding tert-OH is 1. The molecule has 0 saturated heterocycles. The summed E-state index contributed by atoms with van der Waals surface area (Å²) in [5.41, 5.74) is 0.974. The monoisotopic (exact) mass is 316 g/mol. The first-order chi connectivity index (χ1) is 8.49. The summed E-state index contributed by atoms with van der Waals surface area (Å²) >= 11 is 3.43. The second kappa shape index (κ2) is 7.12. The molecule has 1 aromatic carbocycles. The Hall–Kier alpha value is -0.580. The van der Waals surface area contributed by atoms with Gasteiger partial charge in [-0.25, -0.2) is 0 Å². The first-order valence-corrected chi connectivity index (χ1v) is 6.82. The van der Waals surface area contributed by atoms with Crippen molar-refractivity contribution in [3.8, 4) is 5.75 Å². The molecule has 2 atom stereocenters. The second-order valence-electron chi connectivity index (χ2n) is 4.67. The summed E-state index contributed by atoms with van der Waals surface area (Å²) in [5, 5.41) is 10.2. The predicted molar refractivity (Wildman–Crippen MR) is 76.0 cm³/mol. The molecule has 102 valence electrons. The molecule has 0 aliphatic rings. The van der Waals surface area contributed by atoms with Crippen molar-refractivity contribution in [3.63, 3.8) is 0 Å². The Kier molecular flexibility index (Phi) is 6.12. The lowest BCUT2D eigenvalue weighted by Crippen LogP contribution is -2.34. The highest BCUT2D eigenvalue weighted by Gasteiger charge is 2.23. The summed E-state index contributed by atoms with van der Waals surface area (Å²) in [7, 11) is 3.27. The smallest absolute Gasteiger partial charge is 0.122 e. The van der Waals surface area contributed by atoms with Gasteiger partial charge in [-0.2, -0.15) is 0 Å². The highest BCUT2D eigenvalue weighted by molar-refractivity contribution is 9.10. The van der Waals surface area contributed by atoms with Crippen LogP contribution in [0.1, 0.15) is 19.4 Å². The number of hydrogen-bond donors (Lipinski definition) is 1. The Morgan fingerprint density at radius 1 is 1.28 bits per heavy atom. The van der Waals surface area contributed by atoms with Crippen LogP contribution in [-0.4, -0.2) is 31.5 Å². The molecule has 0 spiro atoms. The molecule has 0 fully saturated rings. The lowest BCUT2D eigenvalue weighted by molar-refractivity contribution is -0.0369. The molecule has 0 radical (unpaired) electrons. The van der Waals surface area contributed by atoms with E-state index in [1.807, 2.05) is 32.0 Å². The maximum absolute atomic E-state index is 10.2. The quantitative estimate of drug-likeness (QED) is 0.876. The lowest BCUT2D eigenvalue weighted by Gasteiger charge is -2.25. The first kappa shape index (κ1) is 15.5. The first-order valence-electron chi connectivity index (χ1n) is 6.02. The predicted octanol–water partition coefficient (Wildman–Crippen LogP) is 3.03. The normalized spacial score (nSPS) is 14.6. The van der Waals surface area contributed by atoms with Crippen molar-refractivity contribution in [3.05, 3.63) is 28.2 Å². The third-order valence-electron chi connectivity index (χ3n) is 2.98. The van der Waals surface area contributed by atoms with Crippen molar-refractivity contribution in [1.82, 2.24) is 0 Å².